The molecule has 0 spiro atoms. The summed E-state index contributed by atoms with van der Waals surface area (Å²) in [6.45, 7) is 2.38. The highest BCUT2D eigenvalue weighted by atomic mass is 16.2. The number of rotatable bonds is 6. The number of nitrogens with zero attached hydrogens (tertiary/aromatic N) is 1. The maximum atomic E-state index is 11.3. The molecule has 134 valence electrons. The fourth-order valence-electron chi connectivity index (χ4n) is 3.20. The molecule has 2 aromatic carbocycles. The fraction of sp³-hybridized carbons (Fsp3) is 0.381. The lowest BCUT2D eigenvalue weighted by Gasteiger charge is -2.17. The van der Waals surface area contributed by atoms with Crippen molar-refractivity contribution < 1.29 is 4.79 Å². The summed E-state index contributed by atoms with van der Waals surface area (Å²) >= 11 is 0. The van der Waals surface area contributed by atoms with Gasteiger partial charge in [-0.15, -0.1) is 0 Å². The Morgan fingerprint density at radius 3 is 1.88 bits per heavy atom. The van der Waals surface area contributed by atoms with Crippen LogP contribution in [0.1, 0.15) is 37.0 Å². The molecule has 1 amide bonds. The van der Waals surface area contributed by atoms with Gasteiger partial charge in [0.15, 0.2) is 0 Å². The topological polar surface area (TPSA) is 58.4 Å². The van der Waals surface area contributed by atoms with Crippen LogP contribution in [0.15, 0.2) is 48.5 Å². The Kier molecular flexibility index (Phi) is 7.02. The minimum Gasteiger partial charge on any atom is -0.372 e. The van der Waals surface area contributed by atoms with Crippen molar-refractivity contribution in [2.24, 2.45) is 5.84 Å². The van der Waals surface area contributed by atoms with Crippen molar-refractivity contribution in [1.82, 2.24) is 5.43 Å². The van der Waals surface area contributed by atoms with Crippen molar-refractivity contribution in [2.45, 2.75) is 39.5 Å². The molecule has 4 heteroatoms. The maximum absolute atomic E-state index is 11.3. The minimum atomic E-state index is -0.166. The van der Waals surface area contributed by atoms with E-state index in [0.717, 1.165) is 18.4 Å². The van der Waals surface area contributed by atoms with Crippen molar-refractivity contribution in [3.8, 4) is 0 Å². The largest absolute Gasteiger partial charge is 0.372 e. The second kappa shape index (κ2) is 9.23. The van der Waals surface area contributed by atoms with Crippen LogP contribution in [0.25, 0.3) is 0 Å². The Bertz CT molecular complexity index is 659. The second-order valence-electron chi connectivity index (χ2n) is 6.42. The molecule has 0 aromatic heterocycles. The van der Waals surface area contributed by atoms with E-state index in [1.807, 2.05) is 12.1 Å². The van der Waals surface area contributed by atoms with Crippen LogP contribution in [0.5, 0.6) is 0 Å². The lowest BCUT2D eigenvalue weighted by atomic mass is 10.0. The monoisotopic (exact) mass is 339 g/mol. The predicted molar refractivity (Wildman–Crippen MR) is 105 cm³/mol. The lowest BCUT2D eigenvalue weighted by molar-refractivity contribution is -0.120. The summed E-state index contributed by atoms with van der Waals surface area (Å²) in [4.78, 5) is 13.7. The van der Waals surface area contributed by atoms with Crippen LogP contribution in [-0.2, 0) is 24.1 Å². The molecule has 3 rings (SSSR count). The molecule has 0 saturated carbocycles. The van der Waals surface area contributed by atoms with Crippen LogP contribution < -0.4 is 16.2 Å². The van der Waals surface area contributed by atoms with Crippen LogP contribution in [0, 0.1) is 0 Å². The number of carbonyl (C=O) groups excluding carboxylic acids is 1. The zero-order chi connectivity index (χ0) is 16.8. The van der Waals surface area contributed by atoms with Gasteiger partial charge >= 0.3 is 0 Å². The molecule has 4 nitrogen and oxygen atoms in total. The van der Waals surface area contributed by atoms with E-state index >= 15 is 0 Å². The molecular weight excluding hydrogens is 310 g/mol. The molecule has 1 aliphatic rings. The molecule has 2 aromatic rings. The predicted octanol–water partition coefficient (Wildman–Crippen LogP) is 3.24. The second-order valence-corrected chi connectivity index (χ2v) is 6.42. The van der Waals surface area contributed by atoms with Crippen LogP contribution in [-0.4, -0.2) is 19.0 Å². The number of carbonyl (C=O) groups is 1. The van der Waals surface area contributed by atoms with E-state index in [1.165, 1.54) is 42.7 Å². The molecule has 1 heterocycles. The summed E-state index contributed by atoms with van der Waals surface area (Å²) in [7, 11) is 0. The molecule has 1 saturated heterocycles. The maximum Gasteiger partial charge on any atom is 0.238 e. The number of benzene rings is 2. The minimum absolute atomic E-state index is 0. The summed E-state index contributed by atoms with van der Waals surface area (Å²) < 4.78 is 0. The van der Waals surface area contributed by atoms with E-state index < -0.39 is 0 Å². The Labute approximate surface area is 151 Å². The van der Waals surface area contributed by atoms with Crippen LogP contribution in [0.2, 0.25) is 0 Å². The normalized spacial score (nSPS) is 13.4. The zero-order valence-corrected chi connectivity index (χ0v) is 14.0. The molecule has 3 N–H and O–H groups in total. The Morgan fingerprint density at radius 1 is 0.880 bits per heavy atom. The average molecular weight is 339 g/mol. The van der Waals surface area contributed by atoms with Crippen molar-refractivity contribution in [3.05, 3.63) is 65.2 Å². The number of amides is 1. The van der Waals surface area contributed by atoms with Gasteiger partial charge in [0.05, 0.1) is 6.42 Å². The van der Waals surface area contributed by atoms with E-state index in [0.29, 0.717) is 6.42 Å². The fourth-order valence-corrected chi connectivity index (χ4v) is 3.20. The molecule has 0 unspecified atom stereocenters. The van der Waals surface area contributed by atoms with Gasteiger partial charge in [-0.1, -0.05) is 43.8 Å². The Hall–Kier alpha value is -2.33. The van der Waals surface area contributed by atoms with Gasteiger partial charge in [-0.2, -0.15) is 0 Å². The first-order chi connectivity index (χ1) is 11.7. The third-order valence-electron chi connectivity index (χ3n) is 4.66. The lowest BCUT2D eigenvalue weighted by Crippen LogP contribution is -2.31. The van der Waals surface area contributed by atoms with Gasteiger partial charge < -0.3 is 4.90 Å². The highest BCUT2D eigenvalue weighted by Crippen LogP contribution is 2.21. The SMILES string of the molecule is C.NNC(=O)Cc1ccc(CCc2ccc(N3CCCC3)cc2)cc1. The number of hydrogen-bond donors (Lipinski definition) is 2. The third kappa shape index (κ3) is 5.33. The van der Waals surface area contributed by atoms with Gasteiger partial charge in [0.1, 0.15) is 0 Å². The molecule has 0 radical (unpaired) electrons. The summed E-state index contributed by atoms with van der Waals surface area (Å²) in [5, 5.41) is 0. The number of hydrogen-bond acceptors (Lipinski definition) is 3. The van der Waals surface area contributed by atoms with Gasteiger partial charge in [0.25, 0.3) is 0 Å². The summed E-state index contributed by atoms with van der Waals surface area (Å²) in [6.07, 6.45) is 4.99. The van der Waals surface area contributed by atoms with E-state index in [1.54, 1.807) is 0 Å². The quantitative estimate of drug-likeness (QED) is 0.482. The standard InChI is InChI=1S/C20H25N3O.CH4/c21-22-20(24)15-18-7-5-16(6-8-18)3-4-17-9-11-19(12-10-17)23-13-1-2-14-23;/h5-12H,1-4,13-15,21H2,(H,22,24);1H4. The van der Waals surface area contributed by atoms with E-state index in [2.05, 4.69) is 46.7 Å². The molecule has 0 atom stereocenters. The summed E-state index contributed by atoms with van der Waals surface area (Å²) in [6, 6.07) is 17.2. The van der Waals surface area contributed by atoms with Crippen molar-refractivity contribution in [3.63, 3.8) is 0 Å². The number of anilines is 1. The van der Waals surface area contributed by atoms with Gasteiger partial charge in [-0.05, 0) is 54.5 Å². The molecule has 0 aliphatic carbocycles. The van der Waals surface area contributed by atoms with Crippen LogP contribution in [0.4, 0.5) is 5.69 Å². The molecule has 1 fully saturated rings. The zero-order valence-electron chi connectivity index (χ0n) is 14.0. The number of aryl methyl sites for hydroxylation is 2. The van der Waals surface area contributed by atoms with Crippen LogP contribution in [0.3, 0.4) is 0 Å². The van der Waals surface area contributed by atoms with Crippen molar-refractivity contribution in [2.75, 3.05) is 18.0 Å². The van der Waals surface area contributed by atoms with E-state index in [9.17, 15) is 4.79 Å². The van der Waals surface area contributed by atoms with Gasteiger partial charge in [-0.3, -0.25) is 10.2 Å². The number of nitrogens with two attached hydrogens (primary N) is 1. The summed E-state index contributed by atoms with van der Waals surface area (Å²) in [5.41, 5.74) is 7.14. The first-order valence-corrected chi connectivity index (χ1v) is 8.66. The first kappa shape index (κ1) is 19.0. The summed E-state index contributed by atoms with van der Waals surface area (Å²) in [5.74, 6) is 4.94. The van der Waals surface area contributed by atoms with Gasteiger partial charge in [0.2, 0.25) is 5.91 Å². The number of nitrogens with one attached hydrogen (secondary N) is 1. The molecule has 25 heavy (non-hydrogen) atoms. The molecule has 0 bridgehead atoms. The third-order valence-corrected chi connectivity index (χ3v) is 4.66. The number of hydrazine groups is 1. The molecule has 1 aliphatic heterocycles. The Balaban J connectivity index is 0.00000225. The smallest absolute Gasteiger partial charge is 0.238 e. The highest BCUT2D eigenvalue weighted by Gasteiger charge is 2.11. The van der Waals surface area contributed by atoms with Gasteiger partial charge in [0, 0.05) is 18.8 Å². The average Bonchev–Trinajstić information content (AvgIpc) is 3.16. The van der Waals surface area contributed by atoms with E-state index in [4.69, 9.17) is 5.84 Å². The van der Waals surface area contributed by atoms with Crippen molar-refractivity contribution in [1.29, 1.82) is 0 Å². The van der Waals surface area contributed by atoms with Crippen molar-refractivity contribution >= 4 is 11.6 Å². The van der Waals surface area contributed by atoms with Crippen LogP contribution >= 0.6 is 0 Å². The molecular formula is C21H29N3O. The highest BCUT2D eigenvalue weighted by molar-refractivity contribution is 5.77. The first-order valence-electron chi connectivity index (χ1n) is 8.66. The Morgan fingerprint density at radius 2 is 1.36 bits per heavy atom. The van der Waals surface area contributed by atoms with E-state index in [-0.39, 0.29) is 13.3 Å². The van der Waals surface area contributed by atoms with Gasteiger partial charge in [-0.25, -0.2) is 5.84 Å².